The van der Waals surface area contributed by atoms with E-state index in [1.54, 1.807) is 19.0 Å². The average molecular weight is 250 g/mol. The number of carbonyl (C=O) groups is 1. The topological polar surface area (TPSA) is 41.6 Å². The molecular weight excluding hydrogens is 228 g/mol. The molecule has 0 aromatic heterocycles. The highest BCUT2D eigenvalue weighted by molar-refractivity contribution is 5.75. The van der Waals surface area contributed by atoms with Crippen molar-refractivity contribution in [2.45, 2.75) is 19.4 Å². The van der Waals surface area contributed by atoms with E-state index in [1.807, 2.05) is 31.3 Å². The van der Waals surface area contributed by atoms with Crippen molar-refractivity contribution in [1.29, 1.82) is 0 Å². The van der Waals surface area contributed by atoms with E-state index in [1.165, 1.54) is 0 Å². The number of carbonyl (C=O) groups excluding carboxylic acids is 1. The SMILES string of the molecule is CNC(C)c1ccccc1OCCC(=O)N(C)C. The van der Waals surface area contributed by atoms with Crippen molar-refractivity contribution in [3.05, 3.63) is 29.8 Å². The van der Waals surface area contributed by atoms with Gasteiger partial charge in [-0.15, -0.1) is 0 Å². The molecule has 0 radical (unpaired) electrons. The molecule has 1 rings (SSSR count). The molecule has 18 heavy (non-hydrogen) atoms. The highest BCUT2D eigenvalue weighted by atomic mass is 16.5. The molecule has 4 nitrogen and oxygen atoms in total. The third-order valence-electron chi connectivity index (χ3n) is 2.89. The summed E-state index contributed by atoms with van der Waals surface area (Å²) < 4.78 is 5.69. The lowest BCUT2D eigenvalue weighted by Gasteiger charge is -2.17. The Hall–Kier alpha value is -1.55. The number of nitrogens with zero attached hydrogens (tertiary/aromatic N) is 1. The molecule has 1 aromatic rings. The van der Waals surface area contributed by atoms with Crippen molar-refractivity contribution in [3.63, 3.8) is 0 Å². The summed E-state index contributed by atoms with van der Waals surface area (Å²) in [5.41, 5.74) is 1.11. The Balaban J connectivity index is 2.59. The summed E-state index contributed by atoms with van der Waals surface area (Å²) in [6.07, 6.45) is 0.398. The molecule has 100 valence electrons. The van der Waals surface area contributed by atoms with Crippen molar-refractivity contribution in [2.75, 3.05) is 27.7 Å². The minimum absolute atomic E-state index is 0.0779. The summed E-state index contributed by atoms with van der Waals surface area (Å²) in [4.78, 5) is 13.0. The molecule has 0 aliphatic rings. The monoisotopic (exact) mass is 250 g/mol. The number of amides is 1. The van der Waals surface area contributed by atoms with E-state index < -0.39 is 0 Å². The first-order valence-corrected chi connectivity index (χ1v) is 6.15. The fraction of sp³-hybridized carbons (Fsp3) is 0.500. The normalized spacial score (nSPS) is 12.0. The lowest BCUT2D eigenvalue weighted by Crippen LogP contribution is -2.23. The second kappa shape index (κ2) is 7.01. The second-order valence-corrected chi connectivity index (χ2v) is 4.43. The largest absolute Gasteiger partial charge is 0.493 e. The number of benzene rings is 1. The molecule has 0 bridgehead atoms. The van der Waals surface area contributed by atoms with Crippen LogP contribution in [-0.2, 0) is 4.79 Å². The zero-order valence-corrected chi connectivity index (χ0v) is 11.6. The second-order valence-electron chi connectivity index (χ2n) is 4.43. The minimum Gasteiger partial charge on any atom is -0.493 e. The van der Waals surface area contributed by atoms with Gasteiger partial charge in [-0.25, -0.2) is 0 Å². The molecule has 0 heterocycles. The highest BCUT2D eigenvalue weighted by Gasteiger charge is 2.10. The standard InChI is InChI=1S/C14H22N2O2/c1-11(15-2)12-7-5-6-8-13(12)18-10-9-14(17)16(3)4/h5-8,11,15H,9-10H2,1-4H3. The van der Waals surface area contributed by atoms with Gasteiger partial charge in [0.1, 0.15) is 5.75 Å². The summed E-state index contributed by atoms with van der Waals surface area (Å²) in [7, 11) is 5.41. The van der Waals surface area contributed by atoms with Crippen LogP contribution in [-0.4, -0.2) is 38.6 Å². The molecule has 0 aliphatic heterocycles. The van der Waals surface area contributed by atoms with E-state index in [0.717, 1.165) is 11.3 Å². The van der Waals surface area contributed by atoms with Crippen LogP contribution in [0.4, 0.5) is 0 Å². The Morgan fingerprint density at radius 1 is 1.39 bits per heavy atom. The fourth-order valence-electron chi connectivity index (χ4n) is 1.60. The first-order chi connectivity index (χ1) is 8.56. The third-order valence-corrected chi connectivity index (χ3v) is 2.89. The molecule has 1 aromatic carbocycles. The third kappa shape index (κ3) is 4.04. The summed E-state index contributed by atoms with van der Waals surface area (Å²) in [6, 6.07) is 8.12. The van der Waals surface area contributed by atoms with Crippen LogP contribution >= 0.6 is 0 Å². The van der Waals surface area contributed by atoms with Crippen molar-refractivity contribution in [1.82, 2.24) is 10.2 Å². The van der Waals surface area contributed by atoms with Gasteiger partial charge < -0.3 is 15.0 Å². The molecule has 0 aliphatic carbocycles. The van der Waals surface area contributed by atoms with E-state index >= 15 is 0 Å². The zero-order chi connectivity index (χ0) is 13.5. The van der Waals surface area contributed by atoms with E-state index in [2.05, 4.69) is 12.2 Å². The number of para-hydroxylation sites is 1. The maximum absolute atomic E-state index is 11.4. The molecule has 1 atom stereocenters. The molecule has 0 fully saturated rings. The van der Waals surface area contributed by atoms with Crippen LogP contribution < -0.4 is 10.1 Å². The lowest BCUT2D eigenvalue weighted by atomic mass is 10.1. The molecule has 1 unspecified atom stereocenters. The van der Waals surface area contributed by atoms with Crippen LogP contribution in [0.25, 0.3) is 0 Å². The van der Waals surface area contributed by atoms with Crippen LogP contribution in [0.3, 0.4) is 0 Å². The first-order valence-electron chi connectivity index (χ1n) is 6.15. The van der Waals surface area contributed by atoms with Gasteiger partial charge in [0.05, 0.1) is 13.0 Å². The van der Waals surface area contributed by atoms with Gasteiger partial charge in [0, 0.05) is 25.7 Å². The highest BCUT2D eigenvalue weighted by Crippen LogP contribution is 2.24. The minimum atomic E-state index is 0.0779. The molecule has 4 heteroatoms. The molecule has 1 amide bonds. The molecule has 0 saturated heterocycles. The maximum atomic E-state index is 11.4. The summed E-state index contributed by atoms with van der Waals surface area (Å²) >= 11 is 0. The van der Waals surface area contributed by atoms with Gasteiger partial charge in [-0.3, -0.25) is 4.79 Å². The van der Waals surface area contributed by atoms with Gasteiger partial charge in [-0.05, 0) is 20.0 Å². The number of ether oxygens (including phenoxy) is 1. The average Bonchev–Trinajstić information content (AvgIpc) is 2.38. The van der Waals surface area contributed by atoms with Crippen LogP contribution in [0.15, 0.2) is 24.3 Å². The van der Waals surface area contributed by atoms with Gasteiger partial charge in [0.25, 0.3) is 0 Å². The van der Waals surface area contributed by atoms with Crippen LogP contribution in [0.2, 0.25) is 0 Å². The van der Waals surface area contributed by atoms with Crippen LogP contribution in [0, 0.1) is 0 Å². The van der Waals surface area contributed by atoms with Gasteiger partial charge >= 0.3 is 0 Å². The first kappa shape index (κ1) is 14.5. The quantitative estimate of drug-likeness (QED) is 0.837. The van der Waals surface area contributed by atoms with Gasteiger partial charge in [0.2, 0.25) is 5.91 Å². The van der Waals surface area contributed by atoms with Gasteiger partial charge in [-0.2, -0.15) is 0 Å². The Bertz CT molecular complexity index is 391. The maximum Gasteiger partial charge on any atom is 0.225 e. The summed E-state index contributed by atoms with van der Waals surface area (Å²) in [5, 5.41) is 3.18. The van der Waals surface area contributed by atoms with Crippen LogP contribution in [0.5, 0.6) is 5.75 Å². The number of hydrogen-bond donors (Lipinski definition) is 1. The lowest BCUT2D eigenvalue weighted by molar-refractivity contribution is -0.129. The van der Waals surface area contributed by atoms with Crippen LogP contribution in [0.1, 0.15) is 24.9 Å². The van der Waals surface area contributed by atoms with Crippen molar-refractivity contribution >= 4 is 5.91 Å². The van der Waals surface area contributed by atoms with Gasteiger partial charge in [0.15, 0.2) is 0 Å². The Morgan fingerprint density at radius 2 is 2.06 bits per heavy atom. The Labute approximate surface area is 109 Å². The fourth-order valence-corrected chi connectivity index (χ4v) is 1.60. The molecule has 1 N–H and O–H groups in total. The van der Waals surface area contributed by atoms with Crippen molar-refractivity contribution < 1.29 is 9.53 Å². The van der Waals surface area contributed by atoms with Crippen molar-refractivity contribution in [2.24, 2.45) is 0 Å². The van der Waals surface area contributed by atoms with E-state index in [-0.39, 0.29) is 11.9 Å². The number of nitrogens with one attached hydrogen (secondary N) is 1. The smallest absolute Gasteiger partial charge is 0.225 e. The zero-order valence-electron chi connectivity index (χ0n) is 11.6. The summed E-state index contributed by atoms with van der Waals surface area (Å²) in [5.74, 6) is 0.917. The number of hydrogen-bond acceptors (Lipinski definition) is 3. The Kier molecular flexibility index (Phi) is 5.65. The Morgan fingerprint density at radius 3 is 2.67 bits per heavy atom. The van der Waals surface area contributed by atoms with Gasteiger partial charge in [-0.1, -0.05) is 18.2 Å². The molecule has 0 spiro atoms. The van der Waals surface area contributed by atoms with E-state index in [9.17, 15) is 4.79 Å². The predicted octanol–water partition coefficient (Wildman–Crippen LogP) is 1.82. The predicted molar refractivity (Wildman–Crippen MR) is 72.7 cm³/mol. The summed E-state index contributed by atoms with van der Waals surface area (Å²) in [6.45, 7) is 2.48. The number of rotatable bonds is 6. The van der Waals surface area contributed by atoms with E-state index in [0.29, 0.717) is 13.0 Å². The molecule has 0 saturated carbocycles. The van der Waals surface area contributed by atoms with E-state index in [4.69, 9.17) is 4.74 Å². The molecular formula is C14H22N2O2. The van der Waals surface area contributed by atoms with Crippen molar-refractivity contribution in [3.8, 4) is 5.75 Å².